The lowest BCUT2D eigenvalue weighted by Gasteiger charge is -2.34. The fourth-order valence-corrected chi connectivity index (χ4v) is 4.97. The van der Waals surface area contributed by atoms with Crippen LogP contribution in [0, 0.1) is 11.6 Å². The molecule has 13 heteroatoms. The first-order chi connectivity index (χ1) is 21.0. The van der Waals surface area contributed by atoms with Crippen LogP contribution in [0.5, 0.6) is 11.5 Å². The Bertz CT molecular complexity index is 1660. The van der Waals surface area contributed by atoms with E-state index >= 15 is 4.39 Å². The number of carbonyl (C=O) groups is 1. The standard InChI is InChI=1S/C32H24ClF8NO3/c1-30(38,39)25-11-19(5-9-26(25)35)27(43)16-31(28-10-6-21(33)17-42-28,15-18-3-7-23(44-2)8-4-18)20-12-22(34)14-24(13-20)45-32(40,41)29(36)37/h3-14,17,29H,15-16H2,1-2H3/t31-/m1/s1. The summed E-state index contributed by atoms with van der Waals surface area (Å²) in [5.74, 6) is -7.44. The van der Waals surface area contributed by atoms with E-state index in [1.165, 1.54) is 25.4 Å². The summed E-state index contributed by atoms with van der Waals surface area (Å²) in [5.41, 5.74) is -2.82. The fourth-order valence-electron chi connectivity index (χ4n) is 4.86. The van der Waals surface area contributed by atoms with E-state index in [2.05, 4.69) is 9.72 Å². The van der Waals surface area contributed by atoms with Gasteiger partial charge in [0.25, 0.3) is 5.92 Å². The summed E-state index contributed by atoms with van der Waals surface area (Å²) in [6.07, 6.45) is -8.89. The summed E-state index contributed by atoms with van der Waals surface area (Å²) in [7, 11) is 1.43. The Morgan fingerprint density at radius 1 is 0.911 bits per heavy atom. The minimum atomic E-state index is -4.99. The average molecular weight is 658 g/mol. The van der Waals surface area contributed by atoms with Gasteiger partial charge in [0.1, 0.15) is 23.1 Å². The topological polar surface area (TPSA) is 48.4 Å². The number of ketones is 1. The first-order valence-electron chi connectivity index (χ1n) is 13.2. The zero-order valence-electron chi connectivity index (χ0n) is 23.6. The van der Waals surface area contributed by atoms with Crippen molar-refractivity contribution in [3.05, 3.63) is 124 Å². The molecule has 0 bridgehead atoms. The predicted molar refractivity (Wildman–Crippen MR) is 150 cm³/mol. The number of nitrogens with zero attached hydrogens (tertiary/aromatic N) is 1. The minimum Gasteiger partial charge on any atom is -0.497 e. The van der Waals surface area contributed by atoms with Gasteiger partial charge in [-0.25, -0.2) is 17.6 Å². The molecule has 4 nitrogen and oxygen atoms in total. The molecule has 45 heavy (non-hydrogen) atoms. The van der Waals surface area contributed by atoms with Crippen LogP contribution in [0.2, 0.25) is 5.02 Å². The zero-order chi connectivity index (χ0) is 33.2. The molecule has 4 aromatic rings. The SMILES string of the molecule is COc1ccc(C[C@@](CC(=O)c2ccc(F)c(C(C)(F)F)c2)(c2cc(F)cc(OC(F)(F)C(F)F)c2)c2ccc(Cl)cn2)cc1. The highest BCUT2D eigenvalue weighted by Gasteiger charge is 2.45. The van der Waals surface area contributed by atoms with Gasteiger partial charge in [0.05, 0.1) is 23.4 Å². The lowest BCUT2D eigenvalue weighted by molar-refractivity contribution is -0.253. The van der Waals surface area contributed by atoms with Gasteiger partial charge in [0, 0.05) is 36.6 Å². The van der Waals surface area contributed by atoms with Crippen molar-refractivity contribution in [3.63, 3.8) is 0 Å². The van der Waals surface area contributed by atoms with E-state index in [9.17, 15) is 35.5 Å². The molecule has 0 fully saturated rings. The summed E-state index contributed by atoms with van der Waals surface area (Å²) < 4.78 is 121. The third kappa shape index (κ3) is 7.73. The van der Waals surface area contributed by atoms with Crippen molar-refractivity contribution in [2.45, 2.75) is 43.6 Å². The van der Waals surface area contributed by atoms with E-state index in [1.807, 2.05) is 0 Å². The number of rotatable bonds is 12. The number of hydrogen-bond acceptors (Lipinski definition) is 4. The number of methoxy groups -OCH3 is 1. The van der Waals surface area contributed by atoms with E-state index in [-0.39, 0.29) is 28.3 Å². The van der Waals surface area contributed by atoms with Gasteiger partial charge >= 0.3 is 12.5 Å². The molecular weight excluding hydrogens is 634 g/mol. The summed E-state index contributed by atoms with van der Waals surface area (Å²) in [6.45, 7) is 0.453. The number of hydrogen-bond donors (Lipinski definition) is 0. The summed E-state index contributed by atoms with van der Waals surface area (Å²) in [6, 6.07) is 13.7. The third-order valence-electron chi connectivity index (χ3n) is 7.04. The Balaban J connectivity index is 1.96. The molecule has 238 valence electrons. The smallest absolute Gasteiger partial charge is 0.461 e. The van der Waals surface area contributed by atoms with Gasteiger partial charge in [0.2, 0.25) is 0 Å². The van der Waals surface area contributed by atoms with Crippen LogP contribution < -0.4 is 9.47 Å². The lowest BCUT2D eigenvalue weighted by atomic mass is 9.68. The first kappa shape index (κ1) is 33.7. The number of pyridine rings is 1. The quantitative estimate of drug-likeness (QED) is 0.113. The molecule has 0 amide bonds. The van der Waals surface area contributed by atoms with Crippen LogP contribution in [0.4, 0.5) is 35.1 Å². The summed E-state index contributed by atoms with van der Waals surface area (Å²) >= 11 is 6.05. The molecule has 1 atom stereocenters. The molecule has 0 aliphatic heterocycles. The number of benzene rings is 3. The molecule has 0 radical (unpaired) electrons. The van der Waals surface area contributed by atoms with Gasteiger partial charge < -0.3 is 9.47 Å². The van der Waals surface area contributed by atoms with Gasteiger partial charge in [-0.05, 0) is 72.1 Å². The van der Waals surface area contributed by atoms with Crippen LogP contribution >= 0.6 is 11.6 Å². The van der Waals surface area contributed by atoms with E-state index in [4.69, 9.17) is 16.3 Å². The Morgan fingerprint density at radius 2 is 1.60 bits per heavy atom. The van der Waals surface area contributed by atoms with Crippen LogP contribution in [0.25, 0.3) is 0 Å². The van der Waals surface area contributed by atoms with E-state index in [0.717, 1.165) is 18.2 Å². The number of aromatic nitrogens is 1. The maximum absolute atomic E-state index is 15.1. The number of halogens is 9. The van der Waals surface area contributed by atoms with Crippen molar-refractivity contribution >= 4 is 17.4 Å². The van der Waals surface area contributed by atoms with Gasteiger partial charge in [0.15, 0.2) is 5.78 Å². The second-order valence-corrected chi connectivity index (χ2v) is 10.7. The van der Waals surface area contributed by atoms with Gasteiger partial charge in [-0.2, -0.15) is 17.6 Å². The molecule has 0 aliphatic carbocycles. The van der Waals surface area contributed by atoms with Gasteiger partial charge in [-0.15, -0.1) is 0 Å². The molecule has 3 aromatic carbocycles. The van der Waals surface area contributed by atoms with Crippen molar-refractivity contribution in [1.29, 1.82) is 0 Å². The Hall–Kier alpha value is -4.19. The second-order valence-electron chi connectivity index (χ2n) is 10.3. The Kier molecular flexibility index (Phi) is 9.77. The highest BCUT2D eigenvalue weighted by Crippen LogP contribution is 2.43. The normalized spacial score (nSPS) is 13.4. The van der Waals surface area contributed by atoms with Crippen molar-refractivity contribution in [1.82, 2.24) is 4.98 Å². The molecule has 1 heterocycles. The maximum Gasteiger partial charge on any atom is 0.461 e. The van der Waals surface area contributed by atoms with E-state index in [1.54, 1.807) is 24.3 Å². The highest BCUT2D eigenvalue weighted by atomic mass is 35.5. The Morgan fingerprint density at radius 3 is 2.18 bits per heavy atom. The number of Topliss-reactive ketones (excluding diaryl/α,β-unsaturated/α-hetero) is 1. The van der Waals surface area contributed by atoms with Crippen molar-refractivity contribution in [2.24, 2.45) is 0 Å². The molecule has 0 saturated carbocycles. The average Bonchev–Trinajstić information content (AvgIpc) is 2.96. The first-order valence-corrected chi connectivity index (χ1v) is 13.5. The summed E-state index contributed by atoms with van der Waals surface area (Å²) in [4.78, 5) is 18.2. The molecule has 0 aliphatic rings. The Labute approximate surface area is 257 Å². The summed E-state index contributed by atoms with van der Waals surface area (Å²) in [5, 5.41) is 0.164. The van der Waals surface area contributed by atoms with Gasteiger partial charge in [-0.3, -0.25) is 9.78 Å². The molecule has 0 saturated heterocycles. The molecule has 1 aromatic heterocycles. The van der Waals surface area contributed by atoms with Crippen LogP contribution in [-0.2, 0) is 17.8 Å². The monoisotopic (exact) mass is 657 g/mol. The molecule has 0 spiro atoms. The fraction of sp³-hybridized carbons (Fsp3) is 0.250. The maximum atomic E-state index is 15.1. The van der Waals surface area contributed by atoms with Gasteiger partial charge in [-0.1, -0.05) is 23.7 Å². The number of alkyl halides is 6. The van der Waals surface area contributed by atoms with E-state index < -0.39 is 59.0 Å². The van der Waals surface area contributed by atoms with Crippen LogP contribution in [0.15, 0.2) is 79.0 Å². The van der Waals surface area contributed by atoms with Crippen LogP contribution in [0.3, 0.4) is 0 Å². The zero-order valence-corrected chi connectivity index (χ0v) is 24.3. The molecular formula is C32H24ClF8NO3. The molecule has 0 unspecified atom stereocenters. The molecule has 0 N–H and O–H groups in total. The van der Waals surface area contributed by atoms with Crippen LogP contribution in [-0.4, -0.2) is 30.4 Å². The second kappa shape index (κ2) is 13.0. The largest absolute Gasteiger partial charge is 0.497 e. The van der Waals surface area contributed by atoms with E-state index in [0.29, 0.717) is 36.4 Å². The highest BCUT2D eigenvalue weighted by molar-refractivity contribution is 6.30. The molecule has 4 rings (SSSR count). The number of ether oxygens (including phenoxy) is 2. The van der Waals surface area contributed by atoms with Crippen molar-refractivity contribution in [2.75, 3.05) is 7.11 Å². The van der Waals surface area contributed by atoms with Crippen molar-refractivity contribution in [3.8, 4) is 11.5 Å². The van der Waals surface area contributed by atoms with Crippen LogP contribution in [0.1, 0.15) is 46.1 Å². The third-order valence-corrected chi connectivity index (χ3v) is 7.26. The minimum absolute atomic E-state index is 0.0522. The predicted octanol–water partition coefficient (Wildman–Crippen LogP) is 9.17. The van der Waals surface area contributed by atoms with Crippen molar-refractivity contribution < 1.29 is 49.4 Å². The lowest BCUT2D eigenvalue weighted by Crippen LogP contribution is -2.36. The number of carbonyl (C=O) groups excluding carboxylic acids is 1.